The van der Waals surface area contributed by atoms with Crippen molar-refractivity contribution in [2.45, 2.75) is 26.2 Å². The predicted molar refractivity (Wildman–Crippen MR) is 85.1 cm³/mol. The van der Waals surface area contributed by atoms with Crippen LogP contribution in [0.25, 0.3) is 10.2 Å². The van der Waals surface area contributed by atoms with Crippen molar-refractivity contribution in [3.63, 3.8) is 0 Å². The smallest absolute Gasteiger partial charge is 0.305 e. The molecular weight excluding hydrogens is 304 g/mol. The molecule has 2 aromatic heterocycles. The van der Waals surface area contributed by atoms with Crippen LogP contribution in [0.1, 0.15) is 24.1 Å². The molecule has 2 aromatic rings. The van der Waals surface area contributed by atoms with Gasteiger partial charge in [-0.25, -0.2) is 9.97 Å². The molecule has 22 heavy (non-hydrogen) atoms. The molecule has 0 saturated carbocycles. The lowest BCUT2D eigenvalue weighted by molar-refractivity contribution is -0.136. The van der Waals surface area contributed by atoms with Gasteiger partial charge < -0.3 is 15.7 Å². The molecule has 0 aliphatic rings. The van der Waals surface area contributed by atoms with Crippen molar-refractivity contribution in [1.29, 1.82) is 0 Å². The number of nitrogens with zero attached hydrogens (tertiary/aromatic N) is 2. The lowest BCUT2D eigenvalue weighted by Gasteiger charge is -2.06. The summed E-state index contributed by atoms with van der Waals surface area (Å²) in [5.74, 6) is -0.274. The molecule has 0 atom stereocenters. The molecule has 0 bridgehead atoms. The van der Waals surface area contributed by atoms with Gasteiger partial charge in [0.1, 0.15) is 17.0 Å². The number of thiophene rings is 1. The average molecular weight is 322 g/mol. The second-order valence-electron chi connectivity index (χ2n) is 4.82. The Labute approximate surface area is 131 Å². The van der Waals surface area contributed by atoms with Gasteiger partial charge in [-0.3, -0.25) is 9.59 Å². The molecule has 118 valence electrons. The number of aromatic nitrogens is 2. The van der Waals surface area contributed by atoms with Crippen LogP contribution < -0.4 is 10.6 Å². The second kappa shape index (κ2) is 7.69. The first kappa shape index (κ1) is 16.2. The Morgan fingerprint density at radius 2 is 2.09 bits per heavy atom. The van der Waals surface area contributed by atoms with E-state index in [1.54, 1.807) is 11.3 Å². The number of aliphatic carboxylic acids is 1. The summed E-state index contributed by atoms with van der Waals surface area (Å²) in [5, 5.41) is 15.3. The summed E-state index contributed by atoms with van der Waals surface area (Å²) in [7, 11) is 0. The quantitative estimate of drug-likeness (QED) is 0.640. The minimum atomic E-state index is -0.916. The normalized spacial score (nSPS) is 10.6. The van der Waals surface area contributed by atoms with Gasteiger partial charge in [0.2, 0.25) is 5.91 Å². The molecule has 2 rings (SSSR count). The van der Waals surface area contributed by atoms with E-state index in [9.17, 15) is 9.59 Å². The summed E-state index contributed by atoms with van der Waals surface area (Å²) < 4.78 is 0. The van der Waals surface area contributed by atoms with Crippen LogP contribution in [0.2, 0.25) is 0 Å². The summed E-state index contributed by atoms with van der Waals surface area (Å²) >= 11 is 1.62. The fraction of sp³-hybridized carbons (Fsp3) is 0.429. The van der Waals surface area contributed by atoms with Crippen molar-refractivity contribution in [3.05, 3.63) is 17.3 Å². The van der Waals surface area contributed by atoms with E-state index in [0.717, 1.165) is 16.0 Å². The number of fused-ring (bicyclic) bond motifs is 1. The molecule has 0 fully saturated rings. The molecule has 0 unspecified atom stereocenters. The van der Waals surface area contributed by atoms with Crippen molar-refractivity contribution in [2.24, 2.45) is 0 Å². The molecule has 0 aliphatic carbocycles. The van der Waals surface area contributed by atoms with E-state index in [-0.39, 0.29) is 18.9 Å². The molecule has 8 heteroatoms. The number of nitrogens with one attached hydrogen (secondary N) is 2. The van der Waals surface area contributed by atoms with Crippen LogP contribution in [0.15, 0.2) is 12.4 Å². The number of carboxylic acid groups (broad SMARTS) is 1. The zero-order valence-electron chi connectivity index (χ0n) is 12.3. The number of amides is 1. The van der Waals surface area contributed by atoms with Gasteiger partial charge in [0.25, 0.3) is 0 Å². The molecule has 2 heterocycles. The zero-order valence-corrected chi connectivity index (χ0v) is 13.1. The largest absolute Gasteiger partial charge is 0.481 e. The maximum absolute atomic E-state index is 11.5. The summed E-state index contributed by atoms with van der Waals surface area (Å²) in [6.07, 6.45) is 2.47. The van der Waals surface area contributed by atoms with Crippen molar-refractivity contribution in [1.82, 2.24) is 15.3 Å². The molecule has 0 saturated heterocycles. The summed E-state index contributed by atoms with van der Waals surface area (Å²) in [6, 6.07) is 2.04. The number of hydrogen-bond donors (Lipinski definition) is 3. The first-order valence-electron chi connectivity index (χ1n) is 7.00. The maximum atomic E-state index is 11.5. The van der Waals surface area contributed by atoms with E-state index < -0.39 is 5.97 Å². The Hall–Kier alpha value is -2.22. The number of carbonyl (C=O) groups is 2. The van der Waals surface area contributed by atoms with Crippen LogP contribution in [-0.4, -0.2) is 40.0 Å². The molecular formula is C14H18N4O3S. The zero-order chi connectivity index (χ0) is 15.9. The molecule has 3 N–H and O–H groups in total. The highest BCUT2D eigenvalue weighted by atomic mass is 32.1. The van der Waals surface area contributed by atoms with Crippen molar-refractivity contribution >= 4 is 39.2 Å². The molecule has 0 spiro atoms. The van der Waals surface area contributed by atoms with Crippen molar-refractivity contribution in [2.75, 3.05) is 18.4 Å². The van der Waals surface area contributed by atoms with Crippen LogP contribution in [0.4, 0.5) is 5.82 Å². The fourth-order valence-electron chi connectivity index (χ4n) is 1.97. The highest BCUT2D eigenvalue weighted by molar-refractivity contribution is 7.18. The first-order chi connectivity index (χ1) is 10.6. The second-order valence-corrected chi connectivity index (χ2v) is 6.06. The van der Waals surface area contributed by atoms with E-state index in [2.05, 4.69) is 20.6 Å². The van der Waals surface area contributed by atoms with Gasteiger partial charge in [0, 0.05) is 24.4 Å². The van der Waals surface area contributed by atoms with Crippen molar-refractivity contribution < 1.29 is 14.7 Å². The van der Waals surface area contributed by atoms with Gasteiger partial charge >= 0.3 is 5.97 Å². The SMILES string of the molecule is Cc1cc2c(NCCCC(=O)NCCC(=O)O)ncnc2s1. The lowest BCUT2D eigenvalue weighted by atomic mass is 10.2. The van der Waals surface area contributed by atoms with Crippen LogP contribution in [0.3, 0.4) is 0 Å². The van der Waals surface area contributed by atoms with E-state index in [0.29, 0.717) is 19.4 Å². The first-order valence-corrected chi connectivity index (χ1v) is 7.81. The van der Waals surface area contributed by atoms with Crippen LogP contribution >= 0.6 is 11.3 Å². The van der Waals surface area contributed by atoms with Crippen molar-refractivity contribution in [3.8, 4) is 0 Å². The molecule has 0 aliphatic heterocycles. The van der Waals surface area contributed by atoms with Gasteiger partial charge in [-0.05, 0) is 19.4 Å². The molecule has 0 aromatic carbocycles. The number of aryl methyl sites for hydroxylation is 1. The molecule has 7 nitrogen and oxygen atoms in total. The third-order valence-electron chi connectivity index (χ3n) is 2.99. The van der Waals surface area contributed by atoms with E-state index in [4.69, 9.17) is 5.11 Å². The summed E-state index contributed by atoms with van der Waals surface area (Å²) in [6.45, 7) is 2.81. The minimum absolute atomic E-state index is 0.0551. The third kappa shape index (κ3) is 4.66. The van der Waals surface area contributed by atoms with Crippen LogP contribution in [0.5, 0.6) is 0 Å². The Bertz CT molecular complexity index is 671. The maximum Gasteiger partial charge on any atom is 0.305 e. The Kier molecular flexibility index (Phi) is 5.65. The predicted octanol–water partition coefficient (Wildman–Crippen LogP) is 1.78. The summed E-state index contributed by atoms with van der Waals surface area (Å²) in [5.41, 5.74) is 0. The van der Waals surface area contributed by atoms with E-state index >= 15 is 0 Å². The highest BCUT2D eigenvalue weighted by Gasteiger charge is 2.07. The Balaban J connectivity index is 1.74. The molecule has 0 radical (unpaired) electrons. The number of rotatable bonds is 8. The minimum Gasteiger partial charge on any atom is -0.481 e. The Morgan fingerprint density at radius 3 is 2.86 bits per heavy atom. The highest BCUT2D eigenvalue weighted by Crippen LogP contribution is 2.27. The number of anilines is 1. The van der Waals surface area contributed by atoms with Gasteiger partial charge in [-0.1, -0.05) is 0 Å². The summed E-state index contributed by atoms with van der Waals surface area (Å²) in [4.78, 5) is 32.4. The standard InChI is InChI=1S/C14H18N4O3S/c1-9-7-10-13(17-8-18-14(10)22-9)16-5-2-3-11(19)15-6-4-12(20)21/h7-8H,2-6H2,1H3,(H,15,19)(H,20,21)(H,16,17,18). The number of carbonyl (C=O) groups excluding carboxylic acids is 1. The third-order valence-corrected chi connectivity index (χ3v) is 3.95. The van der Waals surface area contributed by atoms with Gasteiger partial charge in [0.05, 0.1) is 11.8 Å². The molecule has 1 amide bonds. The topological polar surface area (TPSA) is 104 Å². The monoisotopic (exact) mass is 322 g/mol. The Morgan fingerprint density at radius 1 is 1.27 bits per heavy atom. The van der Waals surface area contributed by atoms with Crippen LogP contribution in [0, 0.1) is 6.92 Å². The van der Waals surface area contributed by atoms with E-state index in [1.807, 2.05) is 13.0 Å². The average Bonchev–Trinajstić information content (AvgIpc) is 2.84. The van der Waals surface area contributed by atoms with Gasteiger partial charge in [0.15, 0.2) is 0 Å². The fourth-order valence-corrected chi connectivity index (χ4v) is 2.82. The van der Waals surface area contributed by atoms with Gasteiger partial charge in [-0.2, -0.15) is 0 Å². The van der Waals surface area contributed by atoms with Crippen LogP contribution in [-0.2, 0) is 9.59 Å². The number of hydrogen-bond acceptors (Lipinski definition) is 6. The number of carboxylic acids is 1. The van der Waals surface area contributed by atoms with E-state index in [1.165, 1.54) is 11.2 Å². The van der Waals surface area contributed by atoms with Gasteiger partial charge in [-0.15, -0.1) is 11.3 Å². The lowest BCUT2D eigenvalue weighted by Crippen LogP contribution is -2.26.